The number of nitrogens with two attached hydrogens (primary N) is 1. The second-order valence-electron chi connectivity index (χ2n) is 5.32. The number of rotatable bonds is 8. The Morgan fingerprint density at radius 2 is 1.90 bits per heavy atom. The molecule has 1 aromatic carbocycles. The number of benzene rings is 1. The van der Waals surface area contributed by atoms with Crippen LogP contribution in [0.2, 0.25) is 0 Å². The van der Waals surface area contributed by atoms with Gasteiger partial charge in [0.05, 0.1) is 6.61 Å². The molecule has 5 nitrogen and oxygen atoms in total. The van der Waals surface area contributed by atoms with Gasteiger partial charge < -0.3 is 20.9 Å². The molecule has 0 aliphatic carbocycles. The van der Waals surface area contributed by atoms with Crippen molar-refractivity contribution in [3.63, 3.8) is 0 Å². The number of amides is 1. The Kier molecular flexibility index (Phi) is 6.48. The molecular weight excluding hydrogens is 256 g/mol. The molecule has 0 heterocycles. The molecule has 0 aliphatic rings. The van der Waals surface area contributed by atoms with E-state index in [1.165, 1.54) is 0 Å². The van der Waals surface area contributed by atoms with Crippen molar-refractivity contribution in [2.45, 2.75) is 32.9 Å². The van der Waals surface area contributed by atoms with Crippen LogP contribution in [0.25, 0.3) is 0 Å². The van der Waals surface area contributed by atoms with Crippen LogP contribution in [0.1, 0.15) is 32.4 Å². The standard InChI is InChI=1S/C15H24N2O3/c1-10(2)9-20-13-6-4-12(5-7-13)11(3)17-8-14(18)15(16)19/h4-7,10-11,14,17-18H,8-9H2,1-3H3,(H2,16,19). The van der Waals surface area contributed by atoms with E-state index in [0.717, 1.165) is 11.3 Å². The van der Waals surface area contributed by atoms with E-state index < -0.39 is 12.0 Å². The van der Waals surface area contributed by atoms with Gasteiger partial charge in [-0.05, 0) is 30.5 Å². The number of aliphatic hydroxyl groups is 1. The summed E-state index contributed by atoms with van der Waals surface area (Å²) in [6.07, 6.45) is -1.16. The quantitative estimate of drug-likeness (QED) is 0.668. The molecule has 5 heteroatoms. The number of carbonyl (C=O) groups is 1. The van der Waals surface area contributed by atoms with E-state index in [2.05, 4.69) is 19.2 Å². The van der Waals surface area contributed by atoms with Crippen LogP contribution < -0.4 is 15.8 Å². The first-order chi connectivity index (χ1) is 9.40. The summed E-state index contributed by atoms with van der Waals surface area (Å²) in [5, 5.41) is 12.4. The Morgan fingerprint density at radius 3 is 2.40 bits per heavy atom. The summed E-state index contributed by atoms with van der Waals surface area (Å²) in [6, 6.07) is 7.78. The van der Waals surface area contributed by atoms with Crippen LogP contribution in [0, 0.1) is 5.92 Å². The highest BCUT2D eigenvalue weighted by atomic mass is 16.5. The van der Waals surface area contributed by atoms with E-state index in [1.807, 2.05) is 31.2 Å². The summed E-state index contributed by atoms with van der Waals surface area (Å²) in [5.41, 5.74) is 6.05. The third-order valence-corrected chi connectivity index (χ3v) is 2.91. The van der Waals surface area contributed by atoms with Crippen molar-refractivity contribution in [3.8, 4) is 5.75 Å². The Bertz CT molecular complexity index is 418. The molecule has 0 saturated carbocycles. The Morgan fingerprint density at radius 1 is 1.30 bits per heavy atom. The average molecular weight is 280 g/mol. The maximum absolute atomic E-state index is 10.7. The first kappa shape index (κ1) is 16.5. The zero-order chi connectivity index (χ0) is 15.1. The highest BCUT2D eigenvalue weighted by Gasteiger charge is 2.12. The van der Waals surface area contributed by atoms with E-state index >= 15 is 0 Å². The second-order valence-corrected chi connectivity index (χ2v) is 5.32. The highest BCUT2D eigenvalue weighted by molar-refractivity contribution is 5.78. The number of primary amides is 1. The van der Waals surface area contributed by atoms with E-state index in [1.54, 1.807) is 0 Å². The molecule has 0 radical (unpaired) electrons. The molecule has 20 heavy (non-hydrogen) atoms. The van der Waals surface area contributed by atoms with Crippen molar-refractivity contribution in [1.29, 1.82) is 0 Å². The minimum Gasteiger partial charge on any atom is -0.493 e. The highest BCUT2D eigenvalue weighted by Crippen LogP contribution is 2.18. The van der Waals surface area contributed by atoms with Crippen molar-refractivity contribution >= 4 is 5.91 Å². The second kappa shape index (κ2) is 7.87. The molecule has 1 aromatic rings. The van der Waals surface area contributed by atoms with E-state index in [0.29, 0.717) is 12.5 Å². The molecule has 0 bridgehead atoms. The van der Waals surface area contributed by atoms with Crippen LogP contribution in [0.3, 0.4) is 0 Å². The van der Waals surface area contributed by atoms with Crippen LogP contribution in [0.15, 0.2) is 24.3 Å². The van der Waals surface area contributed by atoms with E-state index in [9.17, 15) is 9.90 Å². The summed E-state index contributed by atoms with van der Waals surface area (Å²) in [4.78, 5) is 10.7. The molecule has 4 N–H and O–H groups in total. The van der Waals surface area contributed by atoms with E-state index in [-0.39, 0.29) is 12.6 Å². The van der Waals surface area contributed by atoms with Crippen LogP contribution in [-0.2, 0) is 4.79 Å². The van der Waals surface area contributed by atoms with Gasteiger partial charge in [-0.3, -0.25) is 4.79 Å². The number of hydrogen-bond donors (Lipinski definition) is 3. The van der Waals surface area contributed by atoms with Crippen molar-refractivity contribution < 1.29 is 14.6 Å². The van der Waals surface area contributed by atoms with Crippen molar-refractivity contribution in [2.24, 2.45) is 11.7 Å². The maximum Gasteiger partial charge on any atom is 0.247 e. The van der Waals surface area contributed by atoms with Gasteiger partial charge in [-0.15, -0.1) is 0 Å². The van der Waals surface area contributed by atoms with Crippen molar-refractivity contribution in [1.82, 2.24) is 5.32 Å². The summed E-state index contributed by atoms with van der Waals surface area (Å²) in [7, 11) is 0. The summed E-state index contributed by atoms with van der Waals surface area (Å²) < 4.78 is 5.61. The van der Waals surface area contributed by atoms with Gasteiger partial charge in [0.15, 0.2) is 0 Å². The SMILES string of the molecule is CC(C)COc1ccc(C(C)NCC(O)C(N)=O)cc1. The summed E-state index contributed by atoms with van der Waals surface area (Å²) in [5.74, 6) is 0.611. The van der Waals surface area contributed by atoms with Crippen LogP contribution in [-0.4, -0.2) is 30.3 Å². The Hall–Kier alpha value is -1.59. The molecule has 2 unspecified atom stereocenters. The molecule has 2 atom stereocenters. The lowest BCUT2D eigenvalue weighted by Gasteiger charge is -2.16. The zero-order valence-corrected chi connectivity index (χ0v) is 12.3. The van der Waals surface area contributed by atoms with Gasteiger partial charge in [0, 0.05) is 12.6 Å². The molecule has 0 aliphatic heterocycles. The van der Waals surface area contributed by atoms with Gasteiger partial charge in [0.2, 0.25) is 5.91 Å². The van der Waals surface area contributed by atoms with Gasteiger partial charge in [-0.1, -0.05) is 26.0 Å². The van der Waals surface area contributed by atoms with Gasteiger partial charge in [0.1, 0.15) is 11.9 Å². The number of carbonyl (C=O) groups excluding carboxylic acids is 1. The fourth-order valence-corrected chi connectivity index (χ4v) is 1.62. The molecule has 0 fully saturated rings. The molecular formula is C15H24N2O3. The number of nitrogens with one attached hydrogen (secondary N) is 1. The lowest BCUT2D eigenvalue weighted by Crippen LogP contribution is -2.38. The summed E-state index contributed by atoms with van der Waals surface area (Å²) >= 11 is 0. The summed E-state index contributed by atoms with van der Waals surface area (Å²) in [6.45, 7) is 6.99. The average Bonchev–Trinajstić information content (AvgIpc) is 2.42. The molecule has 1 amide bonds. The van der Waals surface area contributed by atoms with Crippen molar-refractivity contribution in [3.05, 3.63) is 29.8 Å². The molecule has 0 aromatic heterocycles. The van der Waals surface area contributed by atoms with Gasteiger partial charge >= 0.3 is 0 Å². The Balaban J connectivity index is 2.48. The third-order valence-electron chi connectivity index (χ3n) is 2.91. The predicted molar refractivity (Wildman–Crippen MR) is 78.4 cm³/mol. The van der Waals surface area contributed by atoms with Gasteiger partial charge in [-0.2, -0.15) is 0 Å². The smallest absolute Gasteiger partial charge is 0.247 e. The number of ether oxygens (including phenoxy) is 1. The minimum absolute atomic E-state index is 0.0168. The van der Waals surface area contributed by atoms with Crippen molar-refractivity contribution in [2.75, 3.05) is 13.2 Å². The van der Waals surface area contributed by atoms with Crippen LogP contribution >= 0.6 is 0 Å². The fraction of sp³-hybridized carbons (Fsp3) is 0.533. The predicted octanol–water partition coefficient (Wildman–Crippen LogP) is 1.22. The monoisotopic (exact) mass is 280 g/mol. The molecule has 1 rings (SSSR count). The van der Waals surface area contributed by atoms with Crippen LogP contribution in [0.5, 0.6) is 5.75 Å². The maximum atomic E-state index is 10.7. The topological polar surface area (TPSA) is 84.6 Å². The zero-order valence-electron chi connectivity index (χ0n) is 12.3. The first-order valence-corrected chi connectivity index (χ1v) is 6.83. The third kappa shape index (κ3) is 5.59. The van der Waals surface area contributed by atoms with Gasteiger partial charge in [-0.25, -0.2) is 0 Å². The van der Waals surface area contributed by atoms with Crippen LogP contribution in [0.4, 0.5) is 0 Å². The molecule has 0 spiro atoms. The van der Waals surface area contributed by atoms with Gasteiger partial charge in [0.25, 0.3) is 0 Å². The lowest BCUT2D eigenvalue weighted by atomic mass is 10.1. The molecule has 112 valence electrons. The lowest BCUT2D eigenvalue weighted by molar-refractivity contribution is -0.125. The fourth-order valence-electron chi connectivity index (χ4n) is 1.62. The Labute approximate surface area is 120 Å². The number of hydrogen-bond acceptors (Lipinski definition) is 4. The largest absolute Gasteiger partial charge is 0.493 e. The van der Waals surface area contributed by atoms with E-state index in [4.69, 9.17) is 10.5 Å². The molecule has 0 saturated heterocycles. The normalized spacial score (nSPS) is 14.1. The first-order valence-electron chi connectivity index (χ1n) is 6.83. The minimum atomic E-state index is -1.16. The number of aliphatic hydroxyl groups excluding tert-OH is 1.